The van der Waals surface area contributed by atoms with Gasteiger partial charge in [-0.25, -0.2) is 0 Å². The van der Waals surface area contributed by atoms with E-state index in [-0.39, 0.29) is 12.4 Å². The van der Waals surface area contributed by atoms with Crippen molar-refractivity contribution in [1.29, 1.82) is 0 Å². The Morgan fingerprint density at radius 1 is 1.40 bits per heavy atom. The largest absolute Gasteiger partial charge is 0.483 e. The average Bonchev–Trinajstić information content (AvgIpc) is 3.16. The second-order valence-electron chi connectivity index (χ2n) is 5.71. The molecule has 0 aromatic carbocycles. The van der Waals surface area contributed by atoms with Gasteiger partial charge in [-0.3, -0.25) is 19.2 Å². The van der Waals surface area contributed by atoms with Crippen molar-refractivity contribution >= 4 is 12.4 Å². The van der Waals surface area contributed by atoms with Crippen molar-refractivity contribution in [1.82, 2.24) is 34.8 Å². The van der Waals surface area contributed by atoms with Crippen LogP contribution in [0.2, 0.25) is 0 Å². The van der Waals surface area contributed by atoms with Crippen molar-refractivity contribution < 1.29 is 14.7 Å². The summed E-state index contributed by atoms with van der Waals surface area (Å²) >= 11 is 0. The van der Waals surface area contributed by atoms with E-state index in [1.165, 1.54) is 12.6 Å². The second kappa shape index (κ2) is 8.92. The van der Waals surface area contributed by atoms with Crippen molar-refractivity contribution in [3.05, 3.63) is 29.6 Å². The van der Waals surface area contributed by atoms with Crippen LogP contribution in [0.25, 0.3) is 0 Å². The zero-order valence-electron chi connectivity index (χ0n) is 14.4. The Balaban J connectivity index is 0.000000701. The van der Waals surface area contributed by atoms with Gasteiger partial charge in [0.25, 0.3) is 6.47 Å². The molecule has 0 saturated heterocycles. The van der Waals surface area contributed by atoms with E-state index in [1.54, 1.807) is 6.33 Å². The zero-order valence-corrected chi connectivity index (χ0v) is 14.4. The number of nitrogens with zero attached hydrogens (tertiary/aromatic N) is 6. The van der Waals surface area contributed by atoms with Gasteiger partial charge in [0.2, 0.25) is 5.91 Å². The maximum absolute atomic E-state index is 11.0. The Bertz CT molecular complexity index is 710. The fourth-order valence-corrected chi connectivity index (χ4v) is 2.65. The molecule has 0 radical (unpaired) electrons. The maximum atomic E-state index is 11.0. The first-order valence-corrected chi connectivity index (χ1v) is 7.98. The third kappa shape index (κ3) is 5.38. The molecule has 3 rings (SSSR count). The Labute approximate surface area is 145 Å². The normalized spacial score (nSPS) is 13.5. The molecule has 0 fully saturated rings. The van der Waals surface area contributed by atoms with E-state index < -0.39 is 0 Å². The molecule has 136 valence electrons. The number of carbonyl (C=O) groups excluding carboxylic acids is 1. The highest BCUT2D eigenvalue weighted by Gasteiger charge is 2.18. The van der Waals surface area contributed by atoms with Crippen LogP contribution in [0.4, 0.5) is 0 Å². The molecule has 10 heteroatoms. The predicted octanol–water partition coefficient (Wildman–Crippen LogP) is -0.364. The summed E-state index contributed by atoms with van der Waals surface area (Å²) in [6, 6.07) is 2.08. The number of fused-ring (bicyclic) bond motifs is 1. The lowest BCUT2D eigenvalue weighted by Gasteiger charge is -2.27. The molecule has 2 aromatic heterocycles. The number of aryl methyl sites for hydroxylation is 1. The molecular formula is C15H23N7O3. The molecule has 0 aliphatic carbocycles. The zero-order chi connectivity index (χ0) is 18.2. The summed E-state index contributed by atoms with van der Waals surface area (Å²) in [6.07, 6.45) is 1.77. The molecule has 3 heterocycles. The molecular weight excluding hydrogens is 326 g/mol. The van der Waals surface area contributed by atoms with Gasteiger partial charge in [0.1, 0.15) is 12.2 Å². The number of aromatic nitrogens is 5. The molecule has 25 heavy (non-hydrogen) atoms. The molecule has 1 aliphatic rings. The number of amides is 1. The number of carboxylic acid groups (broad SMARTS) is 1. The van der Waals surface area contributed by atoms with Gasteiger partial charge in [-0.15, -0.1) is 10.2 Å². The van der Waals surface area contributed by atoms with Gasteiger partial charge in [-0.05, 0) is 13.0 Å². The first-order valence-electron chi connectivity index (χ1n) is 7.98. The van der Waals surface area contributed by atoms with Crippen molar-refractivity contribution in [2.45, 2.75) is 40.0 Å². The Hall–Kier alpha value is -2.75. The lowest BCUT2D eigenvalue weighted by atomic mass is 10.2. The molecule has 0 bridgehead atoms. The van der Waals surface area contributed by atoms with Gasteiger partial charge in [-0.1, -0.05) is 0 Å². The second-order valence-corrected chi connectivity index (χ2v) is 5.71. The van der Waals surface area contributed by atoms with E-state index in [9.17, 15) is 4.79 Å². The third-order valence-electron chi connectivity index (χ3n) is 3.91. The summed E-state index contributed by atoms with van der Waals surface area (Å²) in [5.74, 6) is 0.913. The lowest BCUT2D eigenvalue weighted by Crippen LogP contribution is -2.36. The minimum atomic E-state index is -0.250. The summed E-state index contributed by atoms with van der Waals surface area (Å²) < 4.78 is 4.10. The number of nitrogens with one attached hydrogen (secondary N) is 1. The maximum Gasteiger partial charge on any atom is 0.290 e. The molecule has 10 nitrogen and oxygen atoms in total. The van der Waals surface area contributed by atoms with E-state index >= 15 is 0 Å². The number of carbonyl (C=O) groups is 2. The van der Waals surface area contributed by atoms with Crippen LogP contribution in [0.15, 0.2) is 12.4 Å². The van der Waals surface area contributed by atoms with Crippen LogP contribution in [-0.4, -0.2) is 60.0 Å². The fraction of sp³-hybridized carbons (Fsp3) is 0.533. The molecule has 0 atom stereocenters. The molecule has 0 spiro atoms. The highest BCUT2D eigenvalue weighted by molar-refractivity contribution is 5.72. The first-order chi connectivity index (χ1) is 12.0. The fourth-order valence-electron chi connectivity index (χ4n) is 2.65. The van der Waals surface area contributed by atoms with E-state index in [2.05, 4.69) is 36.1 Å². The van der Waals surface area contributed by atoms with Crippen LogP contribution in [-0.2, 0) is 35.8 Å². The van der Waals surface area contributed by atoms with Gasteiger partial charge < -0.3 is 15.0 Å². The Kier molecular flexibility index (Phi) is 6.63. The van der Waals surface area contributed by atoms with Crippen molar-refractivity contribution in [3.63, 3.8) is 0 Å². The highest BCUT2D eigenvalue weighted by Crippen LogP contribution is 2.13. The quantitative estimate of drug-likeness (QED) is 0.707. The van der Waals surface area contributed by atoms with E-state index in [0.717, 1.165) is 44.2 Å². The molecule has 0 unspecified atom stereocenters. The third-order valence-corrected chi connectivity index (χ3v) is 3.91. The summed E-state index contributed by atoms with van der Waals surface area (Å²) in [7, 11) is 0. The smallest absolute Gasteiger partial charge is 0.290 e. The van der Waals surface area contributed by atoms with Crippen LogP contribution >= 0.6 is 0 Å². The molecule has 1 amide bonds. The van der Waals surface area contributed by atoms with E-state index in [1.807, 2.05) is 11.6 Å². The first kappa shape index (κ1) is 18.6. The minimum Gasteiger partial charge on any atom is -0.483 e. The van der Waals surface area contributed by atoms with E-state index in [4.69, 9.17) is 9.90 Å². The number of hydrogen-bond donors (Lipinski definition) is 2. The minimum absolute atomic E-state index is 0.0306. The van der Waals surface area contributed by atoms with Crippen molar-refractivity contribution in [3.8, 4) is 0 Å². The number of rotatable bonds is 5. The average molecular weight is 349 g/mol. The van der Waals surface area contributed by atoms with Crippen LogP contribution in [0.5, 0.6) is 0 Å². The van der Waals surface area contributed by atoms with E-state index in [0.29, 0.717) is 6.54 Å². The van der Waals surface area contributed by atoms with Gasteiger partial charge in [-0.2, -0.15) is 5.10 Å². The van der Waals surface area contributed by atoms with Gasteiger partial charge >= 0.3 is 0 Å². The predicted molar refractivity (Wildman–Crippen MR) is 88.5 cm³/mol. The Morgan fingerprint density at radius 3 is 2.80 bits per heavy atom. The Morgan fingerprint density at radius 2 is 2.16 bits per heavy atom. The summed E-state index contributed by atoms with van der Waals surface area (Å²) in [5.41, 5.74) is 2.12. The van der Waals surface area contributed by atoms with Crippen LogP contribution in [0, 0.1) is 6.92 Å². The summed E-state index contributed by atoms with van der Waals surface area (Å²) in [5, 5.41) is 22.1. The monoisotopic (exact) mass is 349 g/mol. The topological polar surface area (TPSA) is 118 Å². The van der Waals surface area contributed by atoms with Crippen molar-refractivity contribution in [2.24, 2.45) is 0 Å². The van der Waals surface area contributed by atoms with Gasteiger partial charge in [0, 0.05) is 33.1 Å². The van der Waals surface area contributed by atoms with Crippen LogP contribution < -0.4 is 5.32 Å². The van der Waals surface area contributed by atoms with Crippen molar-refractivity contribution in [2.75, 3.05) is 13.1 Å². The summed E-state index contributed by atoms with van der Waals surface area (Å²) in [6.45, 7) is 8.34. The molecule has 2 N–H and O–H groups in total. The van der Waals surface area contributed by atoms with Gasteiger partial charge in [0.05, 0.1) is 24.5 Å². The molecule has 0 saturated carbocycles. The lowest BCUT2D eigenvalue weighted by molar-refractivity contribution is -0.123. The summed E-state index contributed by atoms with van der Waals surface area (Å²) in [4.78, 5) is 21.7. The van der Waals surface area contributed by atoms with Crippen LogP contribution in [0.1, 0.15) is 24.1 Å². The number of hydrogen-bond acceptors (Lipinski definition) is 6. The van der Waals surface area contributed by atoms with Crippen LogP contribution in [0.3, 0.4) is 0 Å². The molecule has 1 aliphatic heterocycles. The molecule has 2 aromatic rings. The SMILES string of the molecule is CC(=O)NCc1cc2n(n1)CCN(CCn1cnnc1C)C2.O=CO. The standard InChI is InChI=1S/C14H21N7O.CH2O2/c1-11-17-16-10-20(11)5-3-19-4-6-21-14(9-19)7-13(18-21)8-15-12(2)22;2-1-3/h7,10H,3-6,8-9H2,1-2H3,(H,15,22);1H,(H,2,3). The van der Waals surface area contributed by atoms with Gasteiger partial charge in [0.15, 0.2) is 0 Å². The highest BCUT2D eigenvalue weighted by atomic mass is 16.3.